The third-order valence-corrected chi connectivity index (χ3v) is 9.14. The molecule has 2 saturated carbocycles. The number of hydrogen-bond donors (Lipinski definition) is 0. The molecule has 0 amide bonds. The second-order valence-electron chi connectivity index (χ2n) is 8.47. The number of sulfone groups is 1. The van der Waals surface area contributed by atoms with Crippen molar-refractivity contribution in [2.24, 2.45) is 17.8 Å². The number of unbranched alkanes of at least 4 members (excludes halogenated alkanes) is 1. The fraction of sp³-hybridized carbons (Fsp3) is 1.00. The Morgan fingerprint density at radius 3 is 1.91 bits per heavy atom. The Labute approximate surface area is 144 Å². The largest absolute Gasteiger partial charge is 0.229 e. The monoisotopic (exact) mass is 342 g/mol. The summed E-state index contributed by atoms with van der Waals surface area (Å²) in [4.78, 5) is 0. The van der Waals surface area contributed by atoms with E-state index in [4.69, 9.17) is 0 Å². The van der Waals surface area contributed by atoms with Gasteiger partial charge in [-0.3, -0.25) is 0 Å². The second kappa shape index (κ2) is 8.36. The molecule has 0 heterocycles. The van der Waals surface area contributed by atoms with Crippen LogP contribution in [0.1, 0.15) is 97.3 Å². The highest BCUT2D eigenvalue weighted by atomic mass is 32.2. The van der Waals surface area contributed by atoms with Crippen molar-refractivity contribution in [1.82, 2.24) is 0 Å². The minimum Gasteiger partial charge on any atom is -0.229 e. The average Bonchev–Trinajstić information content (AvgIpc) is 2.53. The summed E-state index contributed by atoms with van der Waals surface area (Å²) in [6.07, 6.45) is 17.3. The molecule has 23 heavy (non-hydrogen) atoms. The minimum absolute atomic E-state index is 0.392. The maximum absolute atomic E-state index is 12.3. The molecule has 0 spiro atoms. The quantitative estimate of drug-likeness (QED) is 0.589. The molecular weight excluding hydrogens is 304 g/mol. The smallest absolute Gasteiger partial charge is 0.153 e. The highest BCUT2D eigenvalue weighted by molar-refractivity contribution is 7.92. The first-order chi connectivity index (χ1) is 10.9. The Hall–Kier alpha value is -0.0500. The van der Waals surface area contributed by atoms with Crippen LogP contribution in [0.3, 0.4) is 0 Å². The molecule has 3 heteroatoms. The van der Waals surface area contributed by atoms with Gasteiger partial charge in [0.25, 0.3) is 0 Å². The van der Waals surface area contributed by atoms with Gasteiger partial charge in [0.05, 0.1) is 4.75 Å². The summed E-state index contributed by atoms with van der Waals surface area (Å²) < 4.78 is 24.3. The Morgan fingerprint density at radius 1 is 0.870 bits per heavy atom. The van der Waals surface area contributed by atoms with Crippen molar-refractivity contribution < 1.29 is 8.42 Å². The molecule has 2 rings (SSSR count). The Bertz CT molecular complexity index is 438. The van der Waals surface area contributed by atoms with Gasteiger partial charge in [-0.1, -0.05) is 52.4 Å². The maximum Gasteiger partial charge on any atom is 0.153 e. The van der Waals surface area contributed by atoms with E-state index >= 15 is 0 Å². The summed E-state index contributed by atoms with van der Waals surface area (Å²) in [6, 6.07) is 0. The Kier molecular flexibility index (Phi) is 7.01. The zero-order valence-corrected chi connectivity index (χ0v) is 16.5. The van der Waals surface area contributed by atoms with Gasteiger partial charge in [-0.15, -0.1) is 0 Å². The SMILES string of the molecule is CCCCC1CCC(C2CCC(CCC)(S(C)(=O)=O)CC2)CC1. The van der Waals surface area contributed by atoms with E-state index in [1.54, 1.807) is 0 Å². The van der Waals surface area contributed by atoms with Gasteiger partial charge >= 0.3 is 0 Å². The standard InChI is InChI=1S/C20H38O2S/c1-4-6-7-17-8-10-18(11-9-17)19-12-15-20(14-5-2,16-13-19)23(3,21)22/h17-19H,4-16H2,1-3H3. The van der Waals surface area contributed by atoms with Gasteiger partial charge in [-0.25, -0.2) is 8.42 Å². The summed E-state index contributed by atoms with van der Waals surface area (Å²) in [7, 11) is -2.92. The van der Waals surface area contributed by atoms with E-state index in [9.17, 15) is 8.42 Å². The van der Waals surface area contributed by atoms with Gasteiger partial charge in [-0.2, -0.15) is 0 Å². The van der Waals surface area contributed by atoms with Gasteiger partial charge in [0.2, 0.25) is 0 Å². The predicted molar refractivity (Wildman–Crippen MR) is 99.4 cm³/mol. The molecule has 0 aromatic heterocycles. The molecule has 0 aromatic rings. The number of hydrogen-bond acceptors (Lipinski definition) is 2. The van der Waals surface area contributed by atoms with Crippen molar-refractivity contribution in [2.75, 3.05) is 6.26 Å². The van der Waals surface area contributed by atoms with Crippen molar-refractivity contribution in [3.8, 4) is 0 Å². The van der Waals surface area contributed by atoms with E-state index in [0.717, 1.165) is 56.3 Å². The lowest BCUT2D eigenvalue weighted by Gasteiger charge is -2.43. The lowest BCUT2D eigenvalue weighted by atomic mass is 9.68. The molecule has 2 aliphatic rings. The van der Waals surface area contributed by atoms with Gasteiger partial charge < -0.3 is 0 Å². The molecule has 0 aromatic carbocycles. The van der Waals surface area contributed by atoms with Crippen LogP contribution in [0.5, 0.6) is 0 Å². The first-order valence-corrected chi connectivity index (χ1v) is 12.0. The molecule has 0 unspecified atom stereocenters. The van der Waals surface area contributed by atoms with E-state index in [1.165, 1.54) is 51.2 Å². The molecule has 2 aliphatic carbocycles. The molecular formula is C20H38O2S. The summed E-state index contributed by atoms with van der Waals surface area (Å²) in [6.45, 7) is 4.41. The van der Waals surface area contributed by atoms with Crippen LogP contribution in [0.4, 0.5) is 0 Å². The lowest BCUT2D eigenvalue weighted by molar-refractivity contribution is 0.146. The first-order valence-electron chi connectivity index (χ1n) is 10.1. The lowest BCUT2D eigenvalue weighted by Crippen LogP contribution is -2.42. The van der Waals surface area contributed by atoms with E-state index in [1.807, 2.05) is 0 Å². The topological polar surface area (TPSA) is 34.1 Å². The van der Waals surface area contributed by atoms with Crippen molar-refractivity contribution in [1.29, 1.82) is 0 Å². The van der Waals surface area contributed by atoms with Gasteiger partial charge in [0.1, 0.15) is 0 Å². The molecule has 0 N–H and O–H groups in total. The van der Waals surface area contributed by atoms with Crippen LogP contribution in [-0.4, -0.2) is 19.4 Å². The van der Waals surface area contributed by atoms with Gasteiger partial charge in [-0.05, 0) is 62.7 Å². The van der Waals surface area contributed by atoms with Crippen LogP contribution in [0.25, 0.3) is 0 Å². The van der Waals surface area contributed by atoms with Crippen LogP contribution < -0.4 is 0 Å². The Morgan fingerprint density at radius 2 is 1.43 bits per heavy atom. The maximum atomic E-state index is 12.3. The fourth-order valence-corrected chi connectivity index (χ4v) is 6.89. The van der Waals surface area contributed by atoms with Gasteiger partial charge in [0, 0.05) is 6.26 Å². The van der Waals surface area contributed by atoms with Crippen molar-refractivity contribution in [3.63, 3.8) is 0 Å². The van der Waals surface area contributed by atoms with Crippen molar-refractivity contribution >= 4 is 9.84 Å². The summed E-state index contributed by atoms with van der Waals surface area (Å²) in [5.41, 5.74) is 0. The van der Waals surface area contributed by atoms with Crippen LogP contribution >= 0.6 is 0 Å². The van der Waals surface area contributed by atoms with Crippen LogP contribution in [0.2, 0.25) is 0 Å². The molecule has 0 aliphatic heterocycles. The van der Waals surface area contributed by atoms with E-state index < -0.39 is 14.6 Å². The zero-order chi connectivity index (χ0) is 16.9. The molecule has 0 bridgehead atoms. The highest BCUT2D eigenvalue weighted by Gasteiger charge is 2.44. The Balaban J connectivity index is 1.85. The molecule has 0 atom stereocenters. The summed E-state index contributed by atoms with van der Waals surface area (Å²) in [5, 5.41) is 0. The minimum atomic E-state index is -2.92. The van der Waals surface area contributed by atoms with Crippen LogP contribution in [0, 0.1) is 17.8 Å². The predicted octanol–water partition coefficient (Wildman–Crippen LogP) is 5.76. The normalized spacial score (nSPS) is 36.0. The molecule has 0 saturated heterocycles. The highest BCUT2D eigenvalue weighted by Crippen LogP contribution is 2.46. The number of rotatable bonds is 7. The van der Waals surface area contributed by atoms with Crippen LogP contribution in [-0.2, 0) is 9.84 Å². The van der Waals surface area contributed by atoms with E-state index in [-0.39, 0.29) is 0 Å². The summed E-state index contributed by atoms with van der Waals surface area (Å²) >= 11 is 0. The van der Waals surface area contributed by atoms with Crippen molar-refractivity contribution in [3.05, 3.63) is 0 Å². The fourth-order valence-electron chi connectivity index (χ4n) is 5.34. The first kappa shape index (κ1) is 19.3. The average molecular weight is 343 g/mol. The molecule has 2 fully saturated rings. The van der Waals surface area contributed by atoms with E-state index in [2.05, 4.69) is 13.8 Å². The molecule has 0 radical (unpaired) electrons. The molecule has 2 nitrogen and oxygen atoms in total. The van der Waals surface area contributed by atoms with Gasteiger partial charge in [0.15, 0.2) is 9.84 Å². The van der Waals surface area contributed by atoms with E-state index in [0.29, 0.717) is 0 Å². The molecule has 136 valence electrons. The third kappa shape index (κ3) is 4.74. The third-order valence-electron chi connectivity index (χ3n) is 6.96. The van der Waals surface area contributed by atoms with Crippen molar-refractivity contribution in [2.45, 2.75) is 102 Å². The second-order valence-corrected chi connectivity index (χ2v) is 10.9. The van der Waals surface area contributed by atoms with Crippen LogP contribution in [0.15, 0.2) is 0 Å². The zero-order valence-electron chi connectivity index (χ0n) is 15.6. The summed E-state index contributed by atoms with van der Waals surface area (Å²) in [5.74, 6) is 2.66.